The number of hydrogen-bond donors (Lipinski definition) is 3. The van der Waals surface area contributed by atoms with Crippen LogP contribution in [0.25, 0.3) is 11.1 Å². The zero-order valence-electron chi connectivity index (χ0n) is 19.5. The molecule has 0 radical (unpaired) electrons. The SMILES string of the molecule is COC(=O)C[C@@H](NC(=O)C(CCSC)NC(=O)OCC1c2ccccc2-c2ccccc21)C(=O)O. The molecular formula is C25H28N2O7S. The molecule has 3 N–H and O–H groups in total. The summed E-state index contributed by atoms with van der Waals surface area (Å²) in [7, 11) is 1.13. The number of thioether (sulfide) groups is 1. The first-order valence-electron chi connectivity index (χ1n) is 11.1. The number of amides is 2. The van der Waals surface area contributed by atoms with E-state index in [2.05, 4.69) is 15.4 Å². The van der Waals surface area contributed by atoms with E-state index in [9.17, 15) is 24.3 Å². The van der Waals surface area contributed by atoms with Crippen LogP contribution in [0.5, 0.6) is 0 Å². The summed E-state index contributed by atoms with van der Waals surface area (Å²) in [6.07, 6.45) is 0.784. The van der Waals surface area contributed by atoms with Crippen LogP contribution in [-0.2, 0) is 23.9 Å². The molecule has 9 nitrogen and oxygen atoms in total. The minimum atomic E-state index is -1.48. The first-order chi connectivity index (χ1) is 16.8. The monoisotopic (exact) mass is 500 g/mol. The van der Waals surface area contributed by atoms with Gasteiger partial charge in [0, 0.05) is 5.92 Å². The number of methoxy groups -OCH3 is 1. The summed E-state index contributed by atoms with van der Waals surface area (Å²) < 4.78 is 9.99. The van der Waals surface area contributed by atoms with E-state index in [1.54, 1.807) is 0 Å². The second-order valence-electron chi connectivity index (χ2n) is 7.98. The van der Waals surface area contributed by atoms with Crippen LogP contribution >= 0.6 is 11.8 Å². The number of carbonyl (C=O) groups excluding carboxylic acids is 3. The summed E-state index contributed by atoms with van der Waals surface area (Å²) in [5.74, 6) is -2.47. The van der Waals surface area contributed by atoms with E-state index in [0.717, 1.165) is 29.4 Å². The number of esters is 1. The van der Waals surface area contributed by atoms with Crippen molar-refractivity contribution in [2.75, 3.05) is 25.7 Å². The predicted octanol–water partition coefficient (Wildman–Crippen LogP) is 2.78. The minimum absolute atomic E-state index is 0.0802. The maximum absolute atomic E-state index is 12.8. The van der Waals surface area contributed by atoms with Gasteiger partial charge in [-0.2, -0.15) is 11.8 Å². The lowest BCUT2D eigenvalue weighted by atomic mass is 9.98. The number of aliphatic carboxylic acids is 1. The van der Waals surface area contributed by atoms with Gasteiger partial charge in [0.25, 0.3) is 0 Å². The summed E-state index contributed by atoms with van der Waals surface area (Å²) in [5, 5.41) is 14.2. The number of fused-ring (bicyclic) bond motifs is 3. The maximum atomic E-state index is 12.8. The van der Waals surface area contributed by atoms with Crippen LogP contribution in [0.1, 0.15) is 29.9 Å². The van der Waals surface area contributed by atoms with Gasteiger partial charge >= 0.3 is 18.0 Å². The van der Waals surface area contributed by atoms with E-state index >= 15 is 0 Å². The van der Waals surface area contributed by atoms with Crippen molar-refractivity contribution in [3.05, 3.63) is 59.7 Å². The van der Waals surface area contributed by atoms with Gasteiger partial charge in [0.1, 0.15) is 18.7 Å². The number of nitrogens with one attached hydrogen (secondary N) is 2. The summed E-state index contributed by atoms with van der Waals surface area (Å²) in [5.41, 5.74) is 4.31. The van der Waals surface area contributed by atoms with Crippen LogP contribution in [0.4, 0.5) is 4.79 Å². The fraction of sp³-hybridized carbons (Fsp3) is 0.360. The molecule has 35 heavy (non-hydrogen) atoms. The molecule has 1 unspecified atom stereocenters. The Morgan fingerprint density at radius 3 is 2.11 bits per heavy atom. The molecule has 1 aliphatic rings. The molecule has 0 saturated carbocycles. The lowest BCUT2D eigenvalue weighted by Crippen LogP contribution is -2.52. The van der Waals surface area contributed by atoms with Crippen molar-refractivity contribution in [1.29, 1.82) is 0 Å². The number of carbonyl (C=O) groups is 4. The normalized spacial score (nSPS) is 13.7. The molecule has 186 valence electrons. The highest BCUT2D eigenvalue weighted by Gasteiger charge is 2.31. The molecule has 0 aliphatic heterocycles. The molecule has 0 aromatic heterocycles. The number of benzene rings is 2. The molecule has 3 rings (SSSR count). The van der Waals surface area contributed by atoms with Crippen molar-refractivity contribution >= 4 is 35.7 Å². The van der Waals surface area contributed by atoms with E-state index in [-0.39, 0.29) is 18.9 Å². The molecule has 0 heterocycles. The topological polar surface area (TPSA) is 131 Å². The van der Waals surface area contributed by atoms with E-state index in [1.807, 2.05) is 54.8 Å². The Morgan fingerprint density at radius 1 is 0.971 bits per heavy atom. The fourth-order valence-electron chi connectivity index (χ4n) is 4.01. The van der Waals surface area contributed by atoms with Gasteiger partial charge in [-0.3, -0.25) is 9.59 Å². The summed E-state index contributed by atoms with van der Waals surface area (Å²) in [6, 6.07) is 13.4. The number of carboxylic acid groups (broad SMARTS) is 1. The molecule has 0 saturated heterocycles. The highest BCUT2D eigenvalue weighted by Crippen LogP contribution is 2.44. The minimum Gasteiger partial charge on any atom is -0.480 e. The van der Waals surface area contributed by atoms with Crippen LogP contribution in [0.15, 0.2) is 48.5 Å². The first kappa shape index (κ1) is 26.1. The van der Waals surface area contributed by atoms with Gasteiger partial charge in [0.15, 0.2) is 0 Å². The molecule has 2 atom stereocenters. The van der Waals surface area contributed by atoms with E-state index in [1.165, 1.54) is 11.8 Å². The van der Waals surface area contributed by atoms with E-state index < -0.39 is 42.4 Å². The zero-order valence-corrected chi connectivity index (χ0v) is 20.3. The van der Waals surface area contributed by atoms with Crippen LogP contribution in [-0.4, -0.2) is 66.9 Å². The number of rotatable bonds is 11. The average Bonchev–Trinajstić information content (AvgIpc) is 3.18. The molecule has 1 aliphatic carbocycles. The van der Waals surface area contributed by atoms with Crippen LogP contribution < -0.4 is 10.6 Å². The van der Waals surface area contributed by atoms with Crippen LogP contribution in [0, 0.1) is 0 Å². The van der Waals surface area contributed by atoms with Gasteiger partial charge in [-0.15, -0.1) is 0 Å². The van der Waals surface area contributed by atoms with Gasteiger partial charge in [-0.1, -0.05) is 48.5 Å². The summed E-state index contributed by atoms with van der Waals surface area (Å²) in [4.78, 5) is 48.3. The average molecular weight is 501 g/mol. The van der Waals surface area contributed by atoms with E-state index in [0.29, 0.717) is 5.75 Å². The summed E-state index contributed by atoms with van der Waals surface area (Å²) in [6.45, 7) is 0.0802. The number of alkyl carbamates (subject to hydrolysis) is 1. The Bertz CT molecular complexity index is 1050. The van der Waals surface area contributed by atoms with Gasteiger partial charge < -0.3 is 25.2 Å². The first-order valence-corrected chi connectivity index (χ1v) is 12.5. The Morgan fingerprint density at radius 2 is 1.57 bits per heavy atom. The molecule has 2 aromatic rings. The molecule has 0 bridgehead atoms. The summed E-state index contributed by atoms with van der Waals surface area (Å²) >= 11 is 1.47. The lowest BCUT2D eigenvalue weighted by molar-refractivity contribution is -0.148. The third-order valence-corrected chi connectivity index (χ3v) is 6.42. The molecule has 2 amide bonds. The van der Waals surface area contributed by atoms with Crippen LogP contribution in [0.2, 0.25) is 0 Å². The van der Waals surface area contributed by atoms with Crippen molar-refractivity contribution in [3.63, 3.8) is 0 Å². The number of ether oxygens (including phenoxy) is 2. The van der Waals surface area contributed by atoms with Crippen molar-refractivity contribution in [3.8, 4) is 11.1 Å². The number of hydrogen-bond acceptors (Lipinski definition) is 7. The molecule has 0 spiro atoms. The third-order valence-electron chi connectivity index (χ3n) is 5.78. The Kier molecular flexibility index (Phi) is 9.13. The highest BCUT2D eigenvalue weighted by atomic mass is 32.2. The van der Waals surface area contributed by atoms with Gasteiger partial charge in [-0.05, 0) is 40.7 Å². The molecule has 2 aromatic carbocycles. The van der Waals surface area contributed by atoms with Gasteiger partial charge in [0.2, 0.25) is 5.91 Å². The second kappa shape index (κ2) is 12.3. The Labute approximate surface area is 207 Å². The van der Waals surface area contributed by atoms with Crippen LogP contribution in [0.3, 0.4) is 0 Å². The maximum Gasteiger partial charge on any atom is 0.407 e. The standard InChI is InChI=1S/C25H28N2O7S/c1-33-22(28)13-21(24(30)31)26-23(29)20(11-12-35-2)27-25(32)34-14-19-17-9-5-3-7-15(17)16-8-4-6-10-18(16)19/h3-10,19-21H,11-14H2,1-2H3,(H,26,29)(H,27,32)(H,30,31)/t20?,21-/m1/s1. The van der Waals surface area contributed by atoms with Crippen molar-refractivity contribution in [2.45, 2.75) is 30.8 Å². The third kappa shape index (κ3) is 6.54. The highest BCUT2D eigenvalue weighted by molar-refractivity contribution is 7.98. The molecule has 10 heteroatoms. The second-order valence-corrected chi connectivity index (χ2v) is 8.97. The van der Waals surface area contributed by atoms with E-state index in [4.69, 9.17) is 4.74 Å². The molecule has 0 fully saturated rings. The Hall–Kier alpha value is -3.53. The smallest absolute Gasteiger partial charge is 0.407 e. The number of carboxylic acids is 1. The fourth-order valence-corrected chi connectivity index (χ4v) is 4.48. The van der Waals surface area contributed by atoms with Gasteiger partial charge in [-0.25, -0.2) is 9.59 Å². The lowest BCUT2D eigenvalue weighted by Gasteiger charge is -2.21. The molecular weight excluding hydrogens is 472 g/mol. The quantitative estimate of drug-likeness (QED) is 0.402. The van der Waals surface area contributed by atoms with Crippen molar-refractivity contribution < 1.29 is 33.8 Å². The van der Waals surface area contributed by atoms with Crippen molar-refractivity contribution in [1.82, 2.24) is 10.6 Å². The van der Waals surface area contributed by atoms with Gasteiger partial charge in [0.05, 0.1) is 13.5 Å². The Balaban J connectivity index is 1.65. The largest absolute Gasteiger partial charge is 0.480 e. The predicted molar refractivity (Wildman–Crippen MR) is 131 cm³/mol. The zero-order chi connectivity index (χ0) is 25.4. The van der Waals surface area contributed by atoms with Crippen molar-refractivity contribution in [2.24, 2.45) is 0 Å².